The Hall–Kier alpha value is -7.05. The van der Waals surface area contributed by atoms with E-state index < -0.39 is 0 Å². The van der Waals surface area contributed by atoms with Crippen molar-refractivity contribution in [2.45, 2.75) is 0 Å². The molecular formula is C45H26N4O2. The van der Waals surface area contributed by atoms with Crippen LogP contribution in [0.3, 0.4) is 0 Å². The van der Waals surface area contributed by atoms with Crippen molar-refractivity contribution >= 4 is 65.7 Å². The normalized spacial score (nSPS) is 11.9. The largest absolute Gasteiger partial charge is 0.456 e. The van der Waals surface area contributed by atoms with Gasteiger partial charge in [0.05, 0.1) is 11.0 Å². The molecule has 0 radical (unpaired) electrons. The molecule has 0 aliphatic heterocycles. The number of rotatable bonds is 4. The maximum absolute atomic E-state index is 6.58. The molecule has 0 atom stereocenters. The molecule has 0 aliphatic rings. The van der Waals surface area contributed by atoms with Crippen LogP contribution in [0.15, 0.2) is 167 Å². The maximum atomic E-state index is 6.58. The molecule has 11 aromatic rings. The van der Waals surface area contributed by atoms with Crippen molar-refractivity contribution < 1.29 is 8.83 Å². The van der Waals surface area contributed by atoms with E-state index in [1.807, 2.05) is 60.7 Å². The van der Waals surface area contributed by atoms with Crippen LogP contribution in [0.1, 0.15) is 0 Å². The Balaban J connectivity index is 1.10. The molecule has 0 saturated carbocycles. The Morgan fingerprint density at radius 1 is 0.373 bits per heavy atom. The summed E-state index contributed by atoms with van der Waals surface area (Å²) in [7, 11) is 0. The highest BCUT2D eigenvalue weighted by molar-refractivity contribution is 6.12. The van der Waals surface area contributed by atoms with Crippen LogP contribution < -0.4 is 0 Å². The zero-order valence-corrected chi connectivity index (χ0v) is 27.1. The molecule has 51 heavy (non-hydrogen) atoms. The highest BCUT2D eigenvalue weighted by Crippen LogP contribution is 2.40. The fourth-order valence-electron chi connectivity index (χ4n) is 7.51. The number of hydrogen-bond donors (Lipinski definition) is 0. The lowest BCUT2D eigenvalue weighted by Crippen LogP contribution is -2.06. The second-order valence-electron chi connectivity index (χ2n) is 12.8. The number of fused-ring (bicyclic) bond motifs is 9. The van der Waals surface area contributed by atoms with Gasteiger partial charge in [-0.25, -0.2) is 4.98 Å². The summed E-state index contributed by atoms with van der Waals surface area (Å²) >= 11 is 0. The fourth-order valence-corrected chi connectivity index (χ4v) is 7.51. The second-order valence-corrected chi connectivity index (χ2v) is 12.8. The lowest BCUT2D eigenvalue weighted by atomic mass is 10.0. The molecule has 6 nitrogen and oxygen atoms in total. The van der Waals surface area contributed by atoms with E-state index in [4.69, 9.17) is 23.8 Å². The zero-order chi connectivity index (χ0) is 33.5. The molecule has 0 saturated heterocycles. The van der Waals surface area contributed by atoms with Gasteiger partial charge in [-0.05, 0) is 54.1 Å². The molecule has 0 amide bonds. The third-order valence-corrected chi connectivity index (χ3v) is 9.88. The lowest BCUT2D eigenvalue weighted by molar-refractivity contribution is 0.668. The number of aromatic nitrogens is 4. The quantitative estimate of drug-likeness (QED) is 0.189. The van der Waals surface area contributed by atoms with Gasteiger partial charge in [0, 0.05) is 49.0 Å². The zero-order valence-electron chi connectivity index (χ0n) is 27.1. The van der Waals surface area contributed by atoms with Crippen molar-refractivity contribution in [1.29, 1.82) is 0 Å². The van der Waals surface area contributed by atoms with Crippen LogP contribution in [-0.4, -0.2) is 19.5 Å². The maximum Gasteiger partial charge on any atom is 0.238 e. The molecule has 0 spiro atoms. The van der Waals surface area contributed by atoms with Crippen LogP contribution in [0.25, 0.3) is 106 Å². The number of furan rings is 2. The molecule has 11 rings (SSSR count). The summed E-state index contributed by atoms with van der Waals surface area (Å²) < 4.78 is 14.9. The van der Waals surface area contributed by atoms with Gasteiger partial charge >= 0.3 is 0 Å². The fraction of sp³-hybridized carbons (Fsp3) is 0. The summed E-state index contributed by atoms with van der Waals surface area (Å²) in [6.45, 7) is 0. The minimum Gasteiger partial charge on any atom is -0.456 e. The van der Waals surface area contributed by atoms with Crippen LogP contribution in [0.2, 0.25) is 0 Å². The first-order valence-corrected chi connectivity index (χ1v) is 16.9. The molecule has 4 aromatic heterocycles. The van der Waals surface area contributed by atoms with Gasteiger partial charge in [0.2, 0.25) is 5.95 Å². The van der Waals surface area contributed by atoms with Crippen LogP contribution >= 0.6 is 0 Å². The molecular weight excluding hydrogens is 629 g/mol. The number of benzene rings is 7. The van der Waals surface area contributed by atoms with Crippen LogP contribution in [0.4, 0.5) is 0 Å². The van der Waals surface area contributed by atoms with Crippen molar-refractivity contribution in [1.82, 2.24) is 19.5 Å². The summed E-state index contributed by atoms with van der Waals surface area (Å²) in [5.41, 5.74) is 9.28. The number of hydrogen-bond acceptors (Lipinski definition) is 5. The molecule has 0 N–H and O–H groups in total. The van der Waals surface area contributed by atoms with Crippen LogP contribution in [0.5, 0.6) is 0 Å². The van der Waals surface area contributed by atoms with E-state index in [2.05, 4.69) is 102 Å². The van der Waals surface area contributed by atoms with E-state index >= 15 is 0 Å². The van der Waals surface area contributed by atoms with Gasteiger partial charge in [-0.2, -0.15) is 9.97 Å². The summed E-state index contributed by atoms with van der Waals surface area (Å²) in [6.07, 6.45) is 0. The topological polar surface area (TPSA) is 69.9 Å². The average Bonchev–Trinajstić information content (AvgIpc) is 3.87. The van der Waals surface area contributed by atoms with Gasteiger partial charge < -0.3 is 8.83 Å². The van der Waals surface area contributed by atoms with Crippen molar-refractivity contribution in [3.63, 3.8) is 0 Å². The van der Waals surface area contributed by atoms with Gasteiger partial charge in [0.25, 0.3) is 0 Å². The number of nitrogens with zero attached hydrogens (tertiary/aromatic N) is 4. The predicted octanol–water partition coefficient (Wildman–Crippen LogP) is 11.8. The van der Waals surface area contributed by atoms with E-state index in [1.165, 1.54) is 0 Å². The number of para-hydroxylation sites is 4. The van der Waals surface area contributed by atoms with Crippen molar-refractivity contribution in [2.24, 2.45) is 0 Å². The molecule has 0 bridgehead atoms. The Morgan fingerprint density at radius 3 is 1.80 bits per heavy atom. The SMILES string of the molecule is c1ccc(-c2nc(-c3ccc4oc5c(-c6ccc7c(c6)oc6ccccc67)cccc5c4c3)nc(-n3c4ccccc4c4ccccc43)n2)cc1. The van der Waals surface area contributed by atoms with E-state index in [1.54, 1.807) is 0 Å². The summed E-state index contributed by atoms with van der Waals surface area (Å²) in [4.78, 5) is 15.3. The highest BCUT2D eigenvalue weighted by atomic mass is 16.3. The highest BCUT2D eigenvalue weighted by Gasteiger charge is 2.19. The Kier molecular flexibility index (Phi) is 5.86. The molecule has 0 unspecified atom stereocenters. The van der Waals surface area contributed by atoms with Gasteiger partial charge in [-0.3, -0.25) is 4.57 Å². The van der Waals surface area contributed by atoms with E-state index in [0.29, 0.717) is 17.6 Å². The van der Waals surface area contributed by atoms with E-state index in [-0.39, 0.29) is 0 Å². The molecule has 6 heteroatoms. The Labute approximate surface area is 290 Å². The first-order chi connectivity index (χ1) is 25.3. The van der Waals surface area contributed by atoms with E-state index in [9.17, 15) is 0 Å². The average molecular weight is 655 g/mol. The van der Waals surface area contributed by atoms with Crippen LogP contribution in [0, 0.1) is 0 Å². The smallest absolute Gasteiger partial charge is 0.238 e. The van der Waals surface area contributed by atoms with Gasteiger partial charge in [0.1, 0.15) is 22.3 Å². The van der Waals surface area contributed by atoms with Gasteiger partial charge in [-0.15, -0.1) is 0 Å². The van der Waals surface area contributed by atoms with Crippen LogP contribution in [-0.2, 0) is 0 Å². The lowest BCUT2D eigenvalue weighted by Gasteiger charge is -2.11. The second kappa shape index (κ2) is 10.7. The monoisotopic (exact) mass is 654 g/mol. The van der Waals surface area contributed by atoms with Crippen molar-refractivity contribution in [2.75, 3.05) is 0 Å². The standard InChI is InChI=1S/C45H26N4O2/c1-2-11-27(12-3-1)43-46-44(48-45(47-43)49-37-18-7-4-13-31(37)32-14-5-8-19-38(32)49)29-22-24-40-36(25-29)35-17-10-16-30(42(35)51-40)28-21-23-34-33-15-6-9-20-39(33)50-41(34)26-28/h1-26H. The predicted molar refractivity (Wildman–Crippen MR) is 205 cm³/mol. The summed E-state index contributed by atoms with van der Waals surface area (Å²) in [6, 6.07) is 53.9. The molecule has 238 valence electrons. The van der Waals surface area contributed by atoms with Gasteiger partial charge in [-0.1, -0.05) is 109 Å². The van der Waals surface area contributed by atoms with E-state index in [0.717, 1.165) is 87.9 Å². The Morgan fingerprint density at radius 2 is 1.00 bits per heavy atom. The molecule has 0 aliphatic carbocycles. The van der Waals surface area contributed by atoms with Crippen molar-refractivity contribution in [3.05, 3.63) is 158 Å². The van der Waals surface area contributed by atoms with Crippen molar-refractivity contribution in [3.8, 4) is 39.9 Å². The first kappa shape index (κ1) is 27.9. The minimum atomic E-state index is 0.566. The first-order valence-electron chi connectivity index (χ1n) is 16.9. The molecule has 7 aromatic carbocycles. The Bertz CT molecular complexity index is 3100. The third-order valence-electron chi connectivity index (χ3n) is 9.88. The summed E-state index contributed by atoms with van der Waals surface area (Å²) in [5, 5.41) is 6.53. The third kappa shape index (κ3) is 4.26. The molecule has 0 fully saturated rings. The van der Waals surface area contributed by atoms with Gasteiger partial charge in [0.15, 0.2) is 11.6 Å². The summed E-state index contributed by atoms with van der Waals surface area (Å²) in [5.74, 6) is 1.76. The molecule has 4 heterocycles. The minimum absolute atomic E-state index is 0.566.